The lowest BCUT2D eigenvalue weighted by Gasteiger charge is -2.31. The van der Waals surface area contributed by atoms with Crippen molar-refractivity contribution in [3.8, 4) is 0 Å². The number of hydrogen-bond acceptors (Lipinski definition) is 4. The SMILES string of the molecule is C[C@@H](CCc1ccccc1)NC(=O)c1cc(S(=O)(=O)N2CCN(C)CC2)ccc1Cl. The van der Waals surface area contributed by atoms with Crippen LogP contribution in [0.2, 0.25) is 5.02 Å². The van der Waals surface area contributed by atoms with Crippen molar-refractivity contribution in [1.29, 1.82) is 0 Å². The lowest BCUT2D eigenvalue weighted by molar-refractivity contribution is 0.0938. The number of piperazine rings is 1. The molecule has 6 nitrogen and oxygen atoms in total. The second-order valence-electron chi connectivity index (χ2n) is 7.75. The van der Waals surface area contributed by atoms with Gasteiger partial charge in [-0.25, -0.2) is 8.42 Å². The molecular formula is C22H28ClN3O3S. The van der Waals surface area contributed by atoms with Gasteiger partial charge in [0.25, 0.3) is 5.91 Å². The molecule has 0 aromatic heterocycles. The fourth-order valence-corrected chi connectivity index (χ4v) is 5.07. The van der Waals surface area contributed by atoms with Gasteiger partial charge in [-0.05, 0) is 50.6 Å². The van der Waals surface area contributed by atoms with Crippen LogP contribution in [-0.2, 0) is 16.4 Å². The number of nitrogens with zero attached hydrogens (tertiary/aromatic N) is 2. The van der Waals surface area contributed by atoms with Crippen LogP contribution in [-0.4, -0.2) is 62.8 Å². The molecule has 1 atom stereocenters. The van der Waals surface area contributed by atoms with Crippen LogP contribution < -0.4 is 5.32 Å². The summed E-state index contributed by atoms with van der Waals surface area (Å²) in [5.41, 5.74) is 1.38. The van der Waals surface area contributed by atoms with E-state index in [0.29, 0.717) is 26.2 Å². The summed E-state index contributed by atoms with van der Waals surface area (Å²) in [5.74, 6) is -0.365. The minimum atomic E-state index is -3.66. The molecule has 0 bridgehead atoms. The standard InChI is InChI=1S/C22H28ClN3O3S/c1-17(8-9-18-6-4-3-5-7-18)24-22(27)20-16-19(10-11-21(20)23)30(28,29)26-14-12-25(2)13-15-26/h3-7,10-11,16-17H,8-9,12-15H2,1-2H3,(H,24,27)/t17-/m0/s1. The van der Waals surface area contributed by atoms with E-state index in [1.165, 1.54) is 28.1 Å². The van der Waals surface area contributed by atoms with E-state index in [1.54, 1.807) is 0 Å². The van der Waals surface area contributed by atoms with E-state index < -0.39 is 10.0 Å². The summed E-state index contributed by atoms with van der Waals surface area (Å²) in [6.45, 7) is 4.15. The third kappa shape index (κ3) is 5.60. The number of carbonyl (C=O) groups is 1. The number of nitrogens with one attached hydrogen (secondary N) is 1. The molecule has 2 aromatic carbocycles. The summed E-state index contributed by atoms with van der Waals surface area (Å²) < 4.78 is 27.4. The first-order valence-electron chi connectivity index (χ1n) is 10.1. The topological polar surface area (TPSA) is 69.7 Å². The van der Waals surface area contributed by atoms with Crippen LogP contribution in [0.15, 0.2) is 53.4 Å². The second-order valence-corrected chi connectivity index (χ2v) is 10.1. The Balaban J connectivity index is 1.68. The molecule has 30 heavy (non-hydrogen) atoms. The van der Waals surface area contributed by atoms with Crippen LogP contribution in [0.25, 0.3) is 0 Å². The lowest BCUT2D eigenvalue weighted by Crippen LogP contribution is -2.47. The van der Waals surface area contributed by atoms with Crippen molar-refractivity contribution >= 4 is 27.5 Å². The number of likely N-dealkylation sites (N-methyl/N-ethyl adjacent to an activating group) is 1. The van der Waals surface area contributed by atoms with E-state index in [0.717, 1.165) is 12.8 Å². The molecule has 3 rings (SSSR count). The number of carbonyl (C=O) groups excluding carboxylic acids is 1. The van der Waals surface area contributed by atoms with Crippen molar-refractivity contribution < 1.29 is 13.2 Å². The molecule has 1 aliphatic heterocycles. The molecule has 1 N–H and O–H groups in total. The summed E-state index contributed by atoms with van der Waals surface area (Å²) >= 11 is 6.23. The number of aryl methyl sites for hydroxylation is 1. The number of sulfonamides is 1. The smallest absolute Gasteiger partial charge is 0.253 e. The van der Waals surface area contributed by atoms with Gasteiger partial charge in [0.1, 0.15) is 0 Å². The number of benzene rings is 2. The zero-order valence-corrected chi connectivity index (χ0v) is 18.9. The van der Waals surface area contributed by atoms with Crippen molar-refractivity contribution in [2.75, 3.05) is 33.2 Å². The van der Waals surface area contributed by atoms with E-state index >= 15 is 0 Å². The molecule has 1 amide bonds. The molecule has 0 spiro atoms. The van der Waals surface area contributed by atoms with Crippen molar-refractivity contribution in [3.05, 3.63) is 64.7 Å². The van der Waals surface area contributed by atoms with Crippen LogP contribution in [0, 0.1) is 0 Å². The number of rotatable bonds is 7. The van der Waals surface area contributed by atoms with Gasteiger partial charge >= 0.3 is 0 Å². The van der Waals surface area contributed by atoms with Gasteiger partial charge in [-0.3, -0.25) is 4.79 Å². The second kappa shape index (κ2) is 9.92. The molecule has 0 aliphatic carbocycles. The Labute approximate surface area is 183 Å². The van der Waals surface area contributed by atoms with Crippen molar-refractivity contribution in [2.45, 2.75) is 30.7 Å². The molecule has 1 saturated heterocycles. The van der Waals surface area contributed by atoms with Crippen LogP contribution in [0.1, 0.15) is 29.3 Å². The van der Waals surface area contributed by atoms with Gasteiger partial charge in [-0.1, -0.05) is 41.9 Å². The summed E-state index contributed by atoms with van der Waals surface area (Å²) in [6.07, 6.45) is 1.61. The first-order chi connectivity index (χ1) is 14.3. The fourth-order valence-electron chi connectivity index (χ4n) is 3.42. The van der Waals surface area contributed by atoms with Gasteiger partial charge < -0.3 is 10.2 Å². The highest BCUT2D eigenvalue weighted by Crippen LogP contribution is 2.24. The quantitative estimate of drug-likeness (QED) is 0.705. The van der Waals surface area contributed by atoms with Gasteiger partial charge in [0.15, 0.2) is 0 Å². The Bertz CT molecular complexity index is 974. The summed E-state index contributed by atoms with van der Waals surface area (Å²) in [5, 5.41) is 3.17. The maximum atomic E-state index is 13.0. The normalized spacial score (nSPS) is 16.9. The lowest BCUT2D eigenvalue weighted by atomic mass is 10.1. The van der Waals surface area contributed by atoms with Crippen LogP contribution in [0.5, 0.6) is 0 Å². The average Bonchev–Trinajstić information content (AvgIpc) is 2.73. The molecule has 0 radical (unpaired) electrons. The minimum Gasteiger partial charge on any atom is -0.350 e. The number of halogens is 1. The van der Waals surface area contributed by atoms with Crippen LogP contribution in [0.4, 0.5) is 0 Å². The Morgan fingerprint density at radius 1 is 1.10 bits per heavy atom. The first kappa shape index (κ1) is 22.7. The predicted molar refractivity (Wildman–Crippen MR) is 119 cm³/mol. The summed E-state index contributed by atoms with van der Waals surface area (Å²) in [6, 6.07) is 14.3. The van der Waals surface area contributed by atoms with Crippen LogP contribution in [0.3, 0.4) is 0 Å². The molecular weight excluding hydrogens is 422 g/mol. The largest absolute Gasteiger partial charge is 0.350 e. The average molecular weight is 450 g/mol. The predicted octanol–water partition coefficient (Wildman–Crippen LogP) is 3.03. The molecule has 0 unspecified atom stereocenters. The molecule has 8 heteroatoms. The molecule has 2 aromatic rings. The number of amides is 1. The van der Waals surface area contributed by atoms with Gasteiger partial charge in [0.05, 0.1) is 15.5 Å². The van der Waals surface area contributed by atoms with Gasteiger partial charge in [-0.15, -0.1) is 0 Å². The molecule has 1 heterocycles. The highest BCUT2D eigenvalue weighted by Gasteiger charge is 2.28. The van der Waals surface area contributed by atoms with E-state index in [1.807, 2.05) is 32.2 Å². The zero-order valence-electron chi connectivity index (χ0n) is 17.3. The first-order valence-corrected chi connectivity index (χ1v) is 11.9. The Kier molecular flexibility index (Phi) is 7.52. The zero-order chi connectivity index (χ0) is 21.7. The molecule has 1 aliphatic rings. The third-order valence-corrected chi connectivity index (χ3v) is 7.59. The maximum absolute atomic E-state index is 13.0. The van der Waals surface area contributed by atoms with E-state index in [-0.39, 0.29) is 27.4 Å². The van der Waals surface area contributed by atoms with Gasteiger partial charge in [-0.2, -0.15) is 4.31 Å². The van der Waals surface area contributed by atoms with E-state index in [2.05, 4.69) is 22.3 Å². The Morgan fingerprint density at radius 3 is 2.43 bits per heavy atom. The Hall–Kier alpha value is -1.93. The number of hydrogen-bond donors (Lipinski definition) is 1. The fraction of sp³-hybridized carbons (Fsp3) is 0.409. The van der Waals surface area contributed by atoms with Gasteiger partial charge in [0, 0.05) is 32.2 Å². The summed E-state index contributed by atoms with van der Waals surface area (Å²) in [4.78, 5) is 15.0. The third-order valence-electron chi connectivity index (χ3n) is 5.37. The minimum absolute atomic E-state index is 0.0772. The highest BCUT2D eigenvalue weighted by molar-refractivity contribution is 7.89. The van der Waals surface area contributed by atoms with Gasteiger partial charge in [0.2, 0.25) is 10.0 Å². The maximum Gasteiger partial charge on any atom is 0.253 e. The van der Waals surface area contributed by atoms with E-state index in [9.17, 15) is 13.2 Å². The summed E-state index contributed by atoms with van der Waals surface area (Å²) in [7, 11) is -1.70. The highest BCUT2D eigenvalue weighted by atomic mass is 35.5. The monoisotopic (exact) mass is 449 g/mol. The molecule has 0 saturated carbocycles. The van der Waals surface area contributed by atoms with Crippen molar-refractivity contribution in [1.82, 2.24) is 14.5 Å². The van der Waals surface area contributed by atoms with Crippen molar-refractivity contribution in [2.24, 2.45) is 0 Å². The molecule has 1 fully saturated rings. The molecule has 162 valence electrons. The van der Waals surface area contributed by atoms with Crippen molar-refractivity contribution in [3.63, 3.8) is 0 Å². The van der Waals surface area contributed by atoms with Crippen LogP contribution >= 0.6 is 11.6 Å². The van der Waals surface area contributed by atoms with E-state index in [4.69, 9.17) is 11.6 Å². The Morgan fingerprint density at radius 2 is 1.77 bits per heavy atom.